The molecule has 5 aliphatic rings. The highest BCUT2D eigenvalue weighted by Gasteiger charge is 2.29. The monoisotopic (exact) mass is 589 g/mol. The van der Waals surface area contributed by atoms with Crippen LogP contribution in [0.4, 0.5) is 0 Å². The van der Waals surface area contributed by atoms with Crippen LogP contribution in [0.2, 0.25) is 0 Å². The molecule has 0 aromatic heterocycles. The Bertz CT molecular complexity index is 738. The number of ether oxygens (including phenoxy) is 1. The molecule has 4 aliphatic heterocycles. The van der Waals surface area contributed by atoms with Crippen LogP contribution < -0.4 is 19.6 Å². The van der Waals surface area contributed by atoms with E-state index in [1.54, 1.807) is 0 Å². The van der Waals surface area contributed by atoms with Gasteiger partial charge in [-0.1, -0.05) is 0 Å². The van der Waals surface area contributed by atoms with E-state index in [-0.39, 0.29) is 0 Å². The van der Waals surface area contributed by atoms with E-state index in [2.05, 4.69) is 45.0 Å². The molecule has 0 aromatic rings. The highest BCUT2D eigenvalue weighted by Crippen LogP contribution is 2.26. The Kier molecular flexibility index (Phi) is 17.7. The van der Waals surface area contributed by atoms with E-state index in [0.717, 1.165) is 45.3 Å². The number of nitrogens with zero attached hydrogens (tertiary/aromatic N) is 3. The van der Waals surface area contributed by atoms with Crippen molar-refractivity contribution >= 4 is 10.0 Å². The zero-order valence-corrected chi connectivity index (χ0v) is 26.8. The lowest BCUT2D eigenvalue weighted by Gasteiger charge is -2.19. The molecular weight excluding hydrogens is 526 g/mol. The molecule has 10 nitrogen and oxygen atoms in total. The molecule has 0 amide bonds. The maximum atomic E-state index is 11.1. The van der Waals surface area contributed by atoms with Gasteiger partial charge in [-0.05, 0) is 19.9 Å². The lowest BCUT2D eigenvalue weighted by molar-refractivity contribution is -0.851. The van der Waals surface area contributed by atoms with Crippen LogP contribution in [0.3, 0.4) is 0 Å². The average molecular weight is 590 g/mol. The van der Waals surface area contributed by atoms with Gasteiger partial charge in [-0.3, -0.25) is 4.90 Å². The summed E-state index contributed by atoms with van der Waals surface area (Å²) in [6, 6.07) is 0.959. The number of quaternary nitrogens is 4. The topological polar surface area (TPSA) is 70.8 Å². The van der Waals surface area contributed by atoms with Gasteiger partial charge in [0, 0.05) is 64.4 Å². The molecule has 1 saturated carbocycles. The van der Waals surface area contributed by atoms with E-state index in [4.69, 9.17) is 4.74 Å². The second-order valence-electron chi connectivity index (χ2n) is 12.3. The van der Waals surface area contributed by atoms with Gasteiger partial charge in [0.25, 0.3) is 0 Å². The summed E-state index contributed by atoms with van der Waals surface area (Å²) < 4.78 is 29.0. The van der Waals surface area contributed by atoms with Crippen molar-refractivity contribution < 1.29 is 32.8 Å². The summed E-state index contributed by atoms with van der Waals surface area (Å²) in [7, 11) is 15.0. The normalized spacial score (nSPS) is 31.8. The van der Waals surface area contributed by atoms with Crippen LogP contribution in [0.1, 0.15) is 38.5 Å². The van der Waals surface area contributed by atoms with Gasteiger partial charge in [0.1, 0.15) is 0 Å². The van der Waals surface area contributed by atoms with Crippen LogP contribution >= 0.6 is 0 Å². The van der Waals surface area contributed by atoms with Gasteiger partial charge in [0.2, 0.25) is 10.0 Å². The number of sulfonamides is 1. The molecule has 4 saturated heterocycles. The van der Waals surface area contributed by atoms with E-state index < -0.39 is 10.0 Å². The highest BCUT2D eigenvalue weighted by atomic mass is 32.2. The number of likely N-dealkylation sites (N-methyl/N-ethyl adjacent to an activating group) is 1. The lowest BCUT2D eigenvalue weighted by Crippen LogP contribution is -3.07. The minimum Gasteiger partial charge on any atom is -0.467 e. The molecular formula is C29H63N7O3S. The number of hydrogen-bond acceptors (Lipinski definition) is 5. The third kappa shape index (κ3) is 16.9. The molecule has 238 valence electrons. The maximum Gasteiger partial charge on any atom is 0.211 e. The SMILES string of the molecule is [CH2-][NH+]1CCCN(C)CC1.[CH2-][NH+]1CCCN(C2CC2)CC1.[CH2-][NH+]1CCCN(S(C)(=O)=O)CC1.[CH2-][NH+]1CCCOCC1. The summed E-state index contributed by atoms with van der Waals surface area (Å²) in [5, 5.41) is 0. The van der Waals surface area contributed by atoms with Crippen molar-refractivity contribution in [3.63, 3.8) is 0 Å². The molecule has 1 aliphatic carbocycles. The molecule has 4 N–H and O–H groups in total. The Morgan fingerprint density at radius 3 is 1.77 bits per heavy atom. The van der Waals surface area contributed by atoms with E-state index in [9.17, 15) is 8.42 Å². The first kappa shape index (κ1) is 35.8. The molecule has 11 heteroatoms. The molecule has 0 bridgehead atoms. The Hall–Kier alpha value is -0.370. The van der Waals surface area contributed by atoms with Crippen LogP contribution in [0, 0.1) is 28.2 Å². The average Bonchev–Trinajstić information content (AvgIpc) is 3.75. The van der Waals surface area contributed by atoms with Gasteiger partial charge in [-0.2, -0.15) is 32.5 Å². The van der Waals surface area contributed by atoms with E-state index in [1.165, 1.54) is 121 Å². The third-order valence-electron chi connectivity index (χ3n) is 8.25. The fourth-order valence-corrected chi connectivity index (χ4v) is 6.17. The fourth-order valence-electron chi connectivity index (χ4n) is 5.28. The van der Waals surface area contributed by atoms with E-state index >= 15 is 0 Å². The largest absolute Gasteiger partial charge is 0.467 e. The Morgan fingerprint density at radius 2 is 1.15 bits per heavy atom. The first-order valence-electron chi connectivity index (χ1n) is 15.7. The molecule has 0 aromatic carbocycles. The van der Waals surface area contributed by atoms with Crippen LogP contribution in [0.5, 0.6) is 0 Å². The van der Waals surface area contributed by atoms with Crippen LogP contribution in [0.15, 0.2) is 0 Å². The fraction of sp³-hybridized carbons (Fsp3) is 0.862. The summed E-state index contributed by atoms with van der Waals surface area (Å²) in [5.41, 5.74) is 0. The van der Waals surface area contributed by atoms with Crippen molar-refractivity contribution in [3.05, 3.63) is 28.2 Å². The second-order valence-corrected chi connectivity index (χ2v) is 14.2. The highest BCUT2D eigenvalue weighted by molar-refractivity contribution is 7.88. The van der Waals surface area contributed by atoms with Crippen molar-refractivity contribution in [2.75, 3.05) is 118 Å². The number of rotatable bonds is 2. The smallest absolute Gasteiger partial charge is 0.211 e. The Morgan fingerprint density at radius 1 is 0.625 bits per heavy atom. The maximum absolute atomic E-state index is 11.1. The van der Waals surface area contributed by atoms with Gasteiger partial charge in [-0.15, -0.1) is 0 Å². The quantitative estimate of drug-likeness (QED) is 0.247. The molecule has 4 atom stereocenters. The molecule has 5 rings (SSSR count). The van der Waals surface area contributed by atoms with E-state index in [0.29, 0.717) is 13.1 Å². The Labute approximate surface area is 247 Å². The summed E-state index contributed by atoms with van der Waals surface area (Å²) in [6.07, 6.45) is 8.88. The summed E-state index contributed by atoms with van der Waals surface area (Å²) in [4.78, 5) is 10.4. The second kappa shape index (κ2) is 19.7. The molecule has 4 heterocycles. The molecule has 0 spiro atoms. The molecule has 5 fully saturated rings. The first-order chi connectivity index (χ1) is 19.0. The lowest BCUT2D eigenvalue weighted by atomic mass is 10.4. The number of hydrogen-bond donors (Lipinski definition) is 4. The van der Waals surface area contributed by atoms with Crippen molar-refractivity contribution in [3.8, 4) is 0 Å². The summed E-state index contributed by atoms with van der Waals surface area (Å²) in [5.74, 6) is 0. The van der Waals surface area contributed by atoms with Crippen LogP contribution in [-0.4, -0.2) is 147 Å². The van der Waals surface area contributed by atoms with Gasteiger partial charge in [0.15, 0.2) is 0 Å². The minimum atomic E-state index is -2.98. The van der Waals surface area contributed by atoms with Crippen LogP contribution in [0.25, 0.3) is 0 Å². The van der Waals surface area contributed by atoms with Crippen molar-refractivity contribution in [1.29, 1.82) is 0 Å². The zero-order chi connectivity index (χ0) is 29.4. The zero-order valence-electron chi connectivity index (χ0n) is 25.9. The minimum absolute atomic E-state index is 0.609. The number of nitrogens with one attached hydrogen (secondary N) is 4. The summed E-state index contributed by atoms with van der Waals surface area (Å²) in [6.45, 7) is 17.1. The van der Waals surface area contributed by atoms with Gasteiger partial charge in [-0.25, -0.2) is 8.42 Å². The van der Waals surface area contributed by atoms with Crippen LogP contribution in [-0.2, 0) is 14.8 Å². The molecule has 40 heavy (non-hydrogen) atoms. The molecule has 4 unspecified atom stereocenters. The van der Waals surface area contributed by atoms with Crippen molar-refractivity contribution in [1.82, 2.24) is 14.1 Å². The van der Waals surface area contributed by atoms with Gasteiger partial charge >= 0.3 is 0 Å². The predicted molar refractivity (Wildman–Crippen MR) is 162 cm³/mol. The van der Waals surface area contributed by atoms with Crippen molar-refractivity contribution in [2.45, 2.75) is 44.6 Å². The standard InChI is InChI=1S/C9H18N2.C7H16N2O2S.C7H16N2.C6H13NO/c1-10-5-2-6-11(8-7-10)9-3-4-9;1-8-4-3-5-9(7-6-8)12(2,10)11;1-8-4-3-5-9(2)7-6-8;1-7-3-2-5-8-6-4-7/h9-10H,1-8H2;8H,1,3-7H2,2H3;8H,1,3-7H2,2H3;7H,1-6H2. The van der Waals surface area contributed by atoms with Gasteiger partial charge in [0.05, 0.1) is 78.4 Å². The van der Waals surface area contributed by atoms with E-state index in [1.807, 2.05) is 0 Å². The summed E-state index contributed by atoms with van der Waals surface area (Å²) >= 11 is 0. The molecule has 0 radical (unpaired) electrons. The predicted octanol–water partition coefficient (Wildman–Crippen LogP) is -4.06. The third-order valence-corrected chi connectivity index (χ3v) is 9.55. The van der Waals surface area contributed by atoms with Gasteiger partial charge < -0.3 is 29.2 Å². The Balaban J connectivity index is 0.000000189. The van der Waals surface area contributed by atoms with Crippen molar-refractivity contribution in [2.24, 2.45) is 0 Å². The first-order valence-corrected chi connectivity index (χ1v) is 17.5.